The van der Waals surface area contributed by atoms with Crippen LogP contribution in [0, 0.1) is 26.2 Å². The molecule has 1 saturated carbocycles. The lowest BCUT2D eigenvalue weighted by molar-refractivity contribution is -0.132. The largest absolute Gasteiger partial charge is 0.477 e. The smallest absolute Gasteiger partial charge is 0.346 e. The molecular weight excluding hydrogens is 655 g/mol. The second kappa shape index (κ2) is 11.1. The summed E-state index contributed by atoms with van der Waals surface area (Å²) in [7, 11) is 0. The lowest BCUT2D eigenvalue weighted by atomic mass is 9.93. The van der Waals surface area contributed by atoms with Gasteiger partial charge in [-0.1, -0.05) is 85.8 Å². The molecule has 3 aliphatic carbocycles. The molecule has 1 fully saturated rings. The number of hydrogen-bond donors (Lipinski definition) is 1. The number of aliphatic carboxylic acids is 1. The first-order chi connectivity index (χ1) is 21.4. The molecule has 0 bridgehead atoms. The van der Waals surface area contributed by atoms with Crippen molar-refractivity contribution in [1.82, 2.24) is 0 Å². The van der Waals surface area contributed by atoms with Crippen LogP contribution < -0.4 is 4.90 Å². The van der Waals surface area contributed by atoms with E-state index >= 15 is 0 Å². The summed E-state index contributed by atoms with van der Waals surface area (Å²) in [6, 6.07) is 40.6. The fourth-order valence-corrected chi connectivity index (χ4v) is 7.49. The summed E-state index contributed by atoms with van der Waals surface area (Å²) >= 11 is 2.36. The number of allylic oxidation sites excluding steroid dienone is 7. The number of para-hydroxylation sites is 2. The molecule has 7 rings (SSSR count). The van der Waals surface area contributed by atoms with E-state index in [9.17, 15) is 15.2 Å². The summed E-state index contributed by atoms with van der Waals surface area (Å²) < 4.78 is 1.22. The number of carboxylic acids is 1. The van der Waals surface area contributed by atoms with E-state index in [0.717, 1.165) is 22.6 Å². The van der Waals surface area contributed by atoms with E-state index in [1.807, 2.05) is 18.2 Å². The van der Waals surface area contributed by atoms with Crippen molar-refractivity contribution in [3.05, 3.63) is 170 Å². The van der Waals surface area contributed by atoms with Crippen LogP contribution in [0.4, 0.5) is 17.1 Å². The van der Waals surface area contributed by atoms with Gasteiger partial charge in [-0.3, -0.25) is 0 Å². The normalized spacial score (nSPS) is 23.3. The number of nitrogens with zero attached hydrogens (tertiary/aromatic N) is 2. The molecule has 4 nitrogen and oxygen atoms in total. The second-order valence-corrected chi connectivity index (χ2v) is 13.0. The summed E-state index contributed by atoms with van der Waals surface area (Å²) in [6.07, 6.45) is 7.62. The van der Waals surface area contributed by atoms with E-state index in [0.29, 0.717) is 11.8 Å². The van der Waals surface area contributed by atoms with E-state index in [1.165, 1.54) is 31.9 Å². The molecule has 4 aromatic rings. The van der Waals surface area contributed by atoms with Crippen LogP contribution in [-0.2, 0) is 4.79 Å². The van der Waals surface area contributed by atoms with Crippen molar-refractivity contribution in [2.45, 2.75) is 18.8 Å². The van der Waals surface area contributed by atoms with Gasteiger partial charge in [-0.2, -0.15) is 5.26 Å². The highest BCUT2D eigenvalue weighted by atomic mass is 127. The zero-order chi connectivity index (χ0) is 30.4. The highest BCUT2D eigenvalue weighted by molar-refractivity contribution is 14.1. The molecule has 0 aliphatic heterocycles. The van der Waals surface area contributed by atoms with Gasteiger partial charge in [0.1, 0.15) is 11.6 Å². The van der Waals surface area contributed by atoms with Gasteiger partial charge in [0.25, 0.3) is 0 Å². The van der Waals surface area contributed by atoms with Crippen LogP contribution in [0.25, 0.3) is 0 Å². The van der Waals surface area contributed by atoms with Gasteiger partial charge in [0.15, 0.2) is 0 Å². The molecule has 3 unspecified atom stereocenters. The molecule has 214 valence electrons. The Balaban J connectivity index is 1.26. The standard InChI is InChI=1S/C39H29IN2O2/c1-39(37-33-21-12-25(23-34(33)37)22-28(24-41)38(43)44)35(26-13-17-29(40)18-14-26)36(39)27-15-19-32(20-16-27)42(30-8-4-2-5-9-30)31-10-6-3-7-11-31/h2-23,33,35-36H,1H3,(H,43,44)/b28-22-/t33-,35?,36?,39?/m0/s1. The maximum absolute atomic E-state index is 11.4. The Kier molecular flexibility index (Phi) is 7.10. The number of nitriles is 1. The number of carboxylic acid groups (broad SMARTS) is 1. The molecule has 44 heavy (non-hydrogen) atoms. The van der Waals surface area contributed by atoms with Crippen molar-refractivity contribution in [3.63, 3.8) is 0 Å². The average molecular weight is 685 g/mol. The maximum atomic E-state index is 11.4. The van der Waals surface area contributed by atoms with Crippen molar-refractivity contribution in [2.24, 2.45) is 11.3 Å². The summed E-state index contributed by atoms with van der Waals surface area (Å²) in [4.78, 5) is 13.7. The molecule has 3 aliphatic rings. The van der Waals surface area contributed by atoms with Gasteiger partial charge in [0, 0.05) is 43.8 Å². The van der Waals surface area contributed by atoms with Crippen LogP contribution in [0.15, 0.2) is 156 Å². The van der Waals surface area contributed by atoms with Crippen molar-refractivity contribution in [2.75, 3.05) is 4.90 Å². The Bertz CT molecular complexity index is 1880. The van der Waals surface area contributed by atoms with Crippen LogP contribution in [0.5, 0.6) is 0 Å². The molecule has 0 saturated heterocycles. The third kappa shape index (κ3) is 4.89. The van der Waals surface area contributed by atoms with Crippen molar-refractivity contribution >= 4 is 45.6 Å². The lowest BCUT2D eigenvalue weighted by Gasteiger charge is -2.25. The first kappa shape index (κ1) is 28.1. The van der Waals surface area contributed by atoms with Crippen LogP contribution in [0.1, 0.15) is 29.9 Å². The first-order valence-corrected chi connectivity index (χ1v) is 15.7. The van der Waals surface area contributed by atoms with Gasteiger partial charge >= 0.3 is 5.97 Å². The first-order valence-electron chi connectivity index (χ1n) is 14.7. The van der Waals surface area contributed by atoms with E-state index in [1.54, 1.807) is 6.07 Å². The number of anilines is 3. The Labute approximate surface area is 271 Å². The summed E-state index contributed by atoms with van der Waals surface area (Å²) in [5.41, 5.74) is 9.06. The van der Waals surface area contributed by atoms with Gasteiger partial charge < -0.3 is 10.0 Å². The molecule has 4 atom stereocenters. The molecule has 0 spiro atoms. The van der Waals surface area contributed by atoms with Crippen LogP contribution >= 0.6 is 22.6 Å². The third-order valence-electron chi connectivity index (χ3n) is 9.20. The van der Waals surface area contributed by atoms with Gasteiger partial charge in [0.2, 0.25) is 0 Å². The molecule has 1 N–H and O–H groups in total. The summed E-state index contributed by atoms with van der Waals surface area (Å²) in [5.74, 6) is -0.313. The highest BCUT2D eigenvalue weighted by Crippen LogP contribution is 2.79. The average Bonchev–Trinajstić information content (AvgIpc) is 3.94. The third-order valence-corrected chi connectivity index (χ3v) is 9.92. The van der Waals surface area contributed by atoms with Gasteiger partial charge in [0.05, 0.1) is 0 Å². The SMILES string of the molecule is CC1(C2=C3C=C(/C=C(/C#N)C(=O)O)C=C[C@@H]32)C(c2ccc(I)cc2)C1c1ccc(N(c2ccccc2)c2ccccc2)cc1. The minimum atomic E-state index is -1.21. The maximum Gasteiger partial charge on any atom is 0.346 e. The topological polar surface area (TPSA) is 64.3 Å². The van der Waals surface area contributed by atoms with E-state index in [-0.39, 0.29) is 16.9 Å². The molecule has 0 radical (unpaired) electrons. The predicted octanol–water partition coefficient (Wildman–Crippen LogP) is 9.61. The zero-order valence-electron chi connectivity index (χ0n) is 24.1. The Hall–Kier alpha value is -4.67. The molecule has 0 aromatic heterocycles. The van der Waals surface area contributed by atoms with E-state index in [4.69, 9.17) is 0 Å². The number of benzene rings is 4. The van der Waals surface area contributed by atoms with E-state index in [2.05, 4.69) is 144 Å². The van der Waals surface area contributed by atoms with Crippen molar-refractivity contribution in [3.8, 4) is 6.07 Å². The van der Waals surface area contributed by atoms with Gasteiger partial charge in [-0.15, -0.1) is 0 Å². The van der Waals surface area contributed by atoms with Crippen LogP contribution in [-0.4, -0.2) is 11.1 Å². The minimum Gasteiger partial charge on any atom is -0.477 e. The predicted molar refractivity (Wildman–Crippen MR) is 183 cm³/mol. The van der Waals surface area contributed by atoms with Crippen molar-refractivity contribution in [1.29, 1.82) is 5.26 Å². The Morgan fingerprint density at radius 2 is 1.36 bits per heavy atom. The van der Waals surface area contributed by atoms with Gasteiger partial charge in [-0.25, -0.2) is 4.79 Å². The molecular formula is C39H29IN2O2. The number of rotatable bonds is 8. The van der Waals surface area contributed by atoms with Crippen LogP contribution in [0.2, 0.25) is 0 Å². The molecule has 5 heteroatoms. The number of halogens is 1. The van der Waals surface area contributed by atoms with Crippen molar-refractivity contribution < 1.29 is 9.90 Å². The second-order valence-electron chi connectivity index (χ2n) is 11.7. The van der Waals surface area contributed by atoms with Gasteiger partial charge in [-0.05, 0) is 105 Å². The number of carbonyl (C=O) groups is 1. The molecule has 0 amide bonds. The minimum absolute atomic E-state index is 0.0717. The Morgan fingerprint density at radius 3 is 1.89 bits per heavy atom. The zero-order valence-corrected chi connectivity index (χ0v) is 26.2. The summed E-state index contributed by atoms with van der Waals surface area (Å²) in [6.45, 7) is 2.38. The lowest BCUT2D eigenvalue weighted by Crippen LogP contribution is -2.09. The number of hydrogen-bond acceptors (Lipinski definition) is 3. The van der Waals surface area contributed by atoms with Crippen LogP contribution in [0.3, 0.4) is 0 Å². The molecule has 0 heterocycles. The quantitative estimate of drug-likeness (QED) is 0.114. The van der Waals surface area contributed by atoms with E-state index < -0.39 is 5.97 Å². The fraction of sp³-hybridized carbons (Fsp3) is 0.128. The Morgan fingerprint density at radius 1 is 0.841 bits per heavy atom. The summed E-state index contributed by atoms with van der Waals surface area (Å²) in [5, 5.41) is 18.6. The highest BCUT2D eigenvalue weighted by Gasteiger charge is 2.68. The molecule has 4 aromatic carbocycles. The number of fused-ring (bicyclic) bond motifs is 1. The monoisotopic (exact) mass is 684 g/mol. The fourth-order valence-electron chi connectivity index (χ4n) is 7.13.